The predicted molar refractivity (Wildman–Crippen MR) is 163 cm³/mol. The fourth-order valence-corrected chi connectivity index (χ4v) is 6.14. The SMILES string of the molecule is CCCCNC(=O)C(CC)N(Cc1ccccc1)C(=O)CN(c1ccc(C)cc1)S(=O)(=O)c1ccc(SC)cc1. The Labute approximate surface area is 243 Å². The molecule has 0 aliphatic rings. The molecular weight excluding hydrogens is 542 g/mol. The van der Waals surface area contributed by atoms with E-state index in [1.54, 1.807) is 36.4 Å². The maximum absolute atomic E-state index is 14.0. The molecule has 7 nitrogen and oxygen atoms in total. The highest BCUT2D eigenvalue weighted by atomic mass is 32.2. The van der Waals surface area contributed by atoms with Crippen molar-refractivity contribution in [3.05, 3.63) is 90.0 Å². The number of rotatable bonds is 14. The number of thioether (sulfide) groups is 1. The van der Waals surface area contributed by atoms with Crippen LogP contribution >= 0.6 is 11.8 Å². The summed E-state index contributed by atoms with van der Waals surface area (Å²) < 4.78 is 29.0. The number of amides is 2. The largest absolute Gasteiger partial charge is 0.354 e. The number of aryl methyl sites for hydroxylation is 1. The van der Waals surface area contributed by atoms with Crippen molar-refractivity contribution in [1.82, 2.24) is 10.2 Å². The highest BCUT2D eigenvalue weighted by molar-refractivity contribution is 7.98. The van der Waals surface area contributed by atoms with Crippen LogP contribution in [0.2, 0.25) is 0 Å². The van der Waals surface area contributed by atoms with Gasteiger partial charge in [0.15, 0.2) is 0 Å². The van der Waals surface area contributed by atoms with Gasteiger partial charge in [0.1, 0.15) is 12.6 Å². The van der Waals surface area contributed by atoms with Crippen molar-refractivity contribution in [3.63, 3.8) is 0 Å². The molecule has 0 bridgehead atoms. The Bertz CT molecular complexity index is 1350. The first-order valence-corrected chi connectivity index (χ1v) is 16.2. The van der Waals surface area contributed by atoms with Crippen molar-refractivity contribution in [1.29, 1.82) is 0 Å². The Morgan fingerprint density at radius 1 is 0.925 bits per heavy atom. The summed E-state index contributed by atoms with van der Waals surface area (Å²) in [7, 11) is -4.09. The average Bonchev–Trinajstić information content (AvgIpc) is 2.97. The summed E-state index contributed by atoms with van der Waals surface area (Å²) in [6.45, 7) is 6.08. The van der Waals surface area contributed by atoms with Crippen molar-refractivity contribution >= 4 is 39.3 Å². The number of anilines is 1. The summed E-state index contributed by atoms with van der Waals surface area (Å²) in [5.41, 5.74) is 2.21. The van der Waals surface area contributed by atoms with Gasteiger partial charge >= 0.3 is 0 Å². The van der Waals surface area contributed by atoms with Crippen LogP contribution in [0.4, 0.5) is 5.69 Å². The second-order valence-corrected chi connectivity index (χ2v) is 12.3. The van der Waals surface area contributed by atoms with Crippen LogP contribution in [0.15, 0.2) is 88.7 Å². The Morgan fingerprint density at radius 2 is 1.57 bits per heavy atom. The number of carbonyl (C=O) groups excluding carboxylic acids is 2. The van der Waals surface area contributed by atoms with Crippen molar-refractivity contribution in [3.8, 4) is 0 Å². The Morgan fingerprint density at radius 3 is 2.15 bits per heavy atom. The van der Waals surface area contributed by atoms with Gasteiger partial charge in [0, 0.05) is 18.0 Å². The average molecular weight is 582 g/mol. The van der Waals surface area contributed by atoms with Gasteiger partial charge < -0.3 is 10.2 Å². The number of sulfonamides is 1. The van der Waals surface area contributed by atoms with Crippen LogP contribution in [0.1, 0.15) is 44.2 Å². The van der Waals surface area contributed by atoms with E-state index in [2.05, 4.69) is 5.32 Å². The van der Waals surface area contributed by atoms with Gasteiger partial charge in [0.25, 0.3) is 10.0 Å². The molecule has 0 saturated carbocycles. The lowest BCUT2D eigenvalue weighted by atomic mass is 10.1. The molecule has 0 radical (unpaired) electrons. The zero-order valence-electron chi connectivity index (χ0n) is 23.7. The lowest BCUT2D eigenvalue weighted by molar-refractivity contribution is -0.140. The molecule has 0 heterocycles. The van der Waals surface area contributed by atoms with E-state index in [9.17, 15) is 18.0 Å². The molecular formula is C31H39N3O4S2. The molecule has 0 spiro atoms. The third-order valence-corrected chi connectivity index (χ3v) is 9.19. The van der Waals surface area contributed by atoms with Crippen LogP contribution in [0, 0.1) is 6.92 Å². The van der Waals surface area contributed by atoms with Crippen LogP contribution < -0.4 is 9.62 Å². The van der Waals surface area contributed by atoms with Crippen LogP contribution in [0.25, 0.3) is 0 Å². The molecule has 0 aliphatic heterocycles. The number of benzene rings is 3. The van der Waals surface area contributed by atoms with Crippen LogP contribution in [0.5, 0.6) is 0 Å². The molecule has 1 N–H and O–H groups in total. The van der Waals surface area contributed by atoms with Crippen LogP contribution in [-0.2, 0) is 26.2 Å². The molecule has 40 heavy (non-hydrogen) atoms. The Hall–Kier alpha value is -3.30. The number of hydrogen-bond donors (Lipinski definition) is 1. The van der Waals surface area contributed by atoms with Crippen molar-refractivity contribution < 1.29 is 18.0 Å². The first-order chi connectivity index (χ1) is 19.2. The lowest BCUT2D eigenvalue weighted by Crippen LogP contribution is -2.52. The smallest absolute Gasteiger partial charge is 0.264 e. The molecule has 0 aliphatic carbocycles. The minimum absolute atomic E-state index is 0.0950. The van der Waals surface area contributed by atoms with Gasteiger partial charge in [-0.1, -0.05) is 68.3 Å². The second kappa shape index (κ2) is 14.9. The third kappa shape index (κ3) is 8.11. The van der Waals surface area contributed by atoms with E-state index in [0.29, 0.717) is 18.7 Å². The van der Waals surface area contributed by atoms with Crippen molar-refractivity contribution in [2.75, 3.05) is 23.7 Å². The van der Waals surface area contributed by atoms with Gasteiger partial charge in [-0.3, -0.25) is 13.9 Å². The molecule has 1 unspecified atom stereocenters. The summed E-state index contributed by atoms with van der Waals surface area (Å²) in [4.78, 5) is 29.8. The molecule has 1 atom stereocenters. The fraction of sp³-hybridized carbons (Fsp3) is 0.355. The highest BCUT2D eigenvalue weighted by Gasteiger charge is 2.33. The number of nitrogens with zero attached hydrogens (tertiary/aromatic N) is 2. The van der Waals surface area contributed by atoms with E-state index >= 15 is 0 Å². The molecule has 214 valence electrons. The number of carbonyl (C=O) groups is 2. The van der Waals surface area contributed by atoms with Crippen molar-refractivity contribution in [2.24, 2.45) is 0 Å². The monoisotopic (exact) mass is 581 g/mol. The van der Waals surface area contributed by atoms with Gasteiger partial charge in [-0.15, -0.1) is 11.8 Å². The van der Waals surface area contributed by atoms with Gasteiger partial charge in [-0.05, 0) is 68.0 Å². The number of nitrogens with one attached hydrogen (secondary N) is 1. The van der Waals surface area contributed by atoms with Gasteiger partial charge in [-0.25, -0.2) is 8.42 Å². The van der Waals surface area contributed by atoms with Gasteiger partial charge in [-0.2, -0.15) is 0 Å². The molecule has 0 fully saturated rings. The third-order valence-electron chi connectivity index (χ3n) is 6.66. The van der Waals surface area contributed by atoms with E-state index in [0.717, 1.165) is 33.2 Å². The molecule has 0 aromatic heterocycles. The quantitative estimate of drug-likeness (QED) is 0.197. The normalized spacial score (nSPS) is 12.0. The first-order valence-electron chi connectivity index (χ1n) is 13.6. The Kier molecular flexibility index (Phi) is 11.6. The minimum Gasteiger partial charge on any atom is -0.354 e. The molecule has 9 heteroatoms. The summed E-state index contributed by atoms with van der Waals surface area (Å²) in [6, 6.07) is 22.3. The molecule has 3 aromatic rings. The zero-order chi connectivity index (χ0) is 29.1. The number of hydrogen-bond acceptors (Lipinski definition) is 5. The van der Waals surface area contributed by atoms with Crippen molar-refractivity contribution in [2.45, 2.75) is 62.4 Å². The maximum atomic E-state index is 14.0. The van der Waals surface area contributed by atoms with E-state index in [1.807, 2.05) is 69.5 Å². The van der Waals surface area contributed by atoms with Gasteiger partial charge in [0.2, 0.25) is 11.8 Å². The molecule has 3 rings (SSSR count). The first kappa shape index (κ1) is 31.2. The van der Waals surface area contributed by atoms with E-state index < -0.39 is 28.5 Å². The maximum Gasteiger partial charge on any atom is 0.264 e. The van der Waals surface area contributed by atoms with E-state index in [-0.39, 0.29) is 17.3 Å². The fourth-order valence-electron chi connectivity index (χ4n) is 4.32. The van der Waals surface area contributed by atoms with E-state index in [4.69, 9.17) is 0 Å². The molecule has 0 saturated heterocycles. The lowest BCUT2D eigenvalue weighted by Gasteiger charge is -2.33. The Balaban J connectivity index is 2.01. The zero-order valence-corrected chi connectivity index (χ0v) is 25.3. The molecule has 2 amide bonds. The van der Waals surface area contributed by atoms with E-state index in [1.165, 1.54) is 16.7 Å². The summed E-state index contributed by atoms with van der Waals surface area (Å²) in [5, 5.41) is 2.95. The van der Waals surface area contributed by atoms with Gasteiger partial charge in [0.05, 0.1) is 10.6 Å². The highest BCUT2D eigenvalue weighted by Crippen LogP contribution is 2.26. The van der Waals surface area contributed by atoms with Crippen LogP contribution in [0.3, 0.4) is 0 Å². The minimum atomic E-state index is -4.09. The standard InChI is InChI=1S/C31H39N3O4S2/c1-5-7-21-32-31(36)29(6-2)33(22-25-11-9-8-10-12-25)30(35)23-34(26-15-13-24(3)14-16-26)40(37,38)28-19-17-27(39-4)18-20-28/h8-20,29H,5-7,21-23H2,1-4H3,(H,32,36). The topological polar surface area (TPSA) is 86.8 Å². The molecule has 3 aromatic carbocycles. The summed E-state index contributed by atoms with van der Waals surface area (Å²) in [5.74, 6) is -0.691. The second-order valence-electron chi connectivity index (χ2n) is 9.60. The summed E-state index contributed by atoms with van der Waals surface area (Å²) >= 11 is 1.52. The van der Waals surface area contributed by atoms with Crippen LogP contribution in [-0.4, -0.2) is 50.5 Å². The summed E-state index contributed by atoms with van der Waals surface area (Å²) in [6.07, 6.45) is 4.09. The number of unbranched alkanes of at least 4 members (excludes halogenated alkanes) is 1. The predicted octanol–water partition coefficient (Wildman–Crippen LogP) is 5.64.